The van der Waals surface area contributed by atoms with E-state index in [2.05, 4.69) is 0 Å². The smallest absolute Gasteiger partial charge is 0.140 e. The fraction of sp³-hybridized carbons (Fsp3) is 0.188. The third-order valence-corrected chi connectivity index (χ3v) is 2.97. The van der Waals surface area contributed by atoms with Crippen LogP contribution in [0.25, 0.3) is 0 Å². The summed E-state index contributed by atoms with van der Waals surface area (Å²) in [6, 6.07) is 9.64. The maximum Gasteiger partial charge on any atom is 0.140 e. The Morgan fingerprint density at radius 1 is 1.24 bits per heavy atom. The molecule has 2 aromatic rings. The van der Waals surface area contributed by atoms with Crippen molar-refractivity contribution in [1.29, 1.82) is 5.26 Å². The molecule has 0 aromatic heterocycles. The standard InChI is InChI=1S/C16H13F2NO2/c1-10(20)14-4-3-13(17)7-16(14)21-9-11-2-5-15(18)12(6-11)8-19/h2-7,10,20H,9H2,1H3. The van der Waals surface area contributed by atoms with Gasteiger partial charge in [0.25, 0.3) is 0 Å². The predicted molar refractivity (Wildman–Crippen MR) is 72.5 cm³/mol. The summed E-state index contributed by atoms with van der Waals surface area (Å²) in [4.78, 5) is 0. The van der Waals surface area contributed by atoms with E-state index in [4.69, 9.17) is 10.00 Å². The van der Waals surface area contributed by atoms with E-state index in [1.807, 2.05) is 0 Å². The first-order valence-electron chi connectivity index (χ1n) is 6.30. The average molecular weight is 289 g/mol. The van der Waals surface area contributed by atoms with E-state index in [9.17, 15) is 13.9 Å². The van der Waals surface area contributed by atoms with E-state index < -0.39 is 17.7 Å². The van der Waals surface area contributed by atoms with Gasteiger partial charge in [-0.2, -0.15) is 5.26 Å². The number of aliphatic hydroxyl groups excluding tert-OH is 1. The second kappa shape index (κ2) is 6.33. The number of rotatable bonds is 4. The van der Waals surface area contributed by atoms with Crippen molar-refractivity contribution in [2.24, 2.45) is 0 Å². The molecule has 0 fully saturated rings. The second-order valence-electron chi connectivity index (χ2n) is 4.57. The molecule has 5 heteroatoms. The van der Waals surface area contributed by atoms with Crippen LogP contribution < -0.4 is 4.74 Å². The number of aliphatic hydroxyl groups is 1. The van der Waals surface area contributed by atoms with Crippen LogP contribution in [0.1, 0.15) is 29.7 Å². The molecular formula is C16H13F2NO2. The van der Waals surface area contributed by atoms with Crippen molar-refractivity contribution in [2.45, 2.75) is 19.6 Å². The summed E-state index contributed by atoms with van der Waals surface area (Å²) in [5, 5.41) is 18.4. The van der Waals surface area contributed by atoms with Gasteiger partial charge in [-0.25, -0.2) is 8.78 Å². The summed E-state index contributed by atoms with van der Waals surface area (Å²) in [6.07, 6.45) is -0.802. The number of ether oxygens (including phenoxy) is 1. The number of benzene rings is 2. The first-order chi connectivity index (χ1) is 10.0. The zero-order valence-corrected chi connectivity index (χ0v) is 11.3. The minimum Gasteiger partial charge on any atom is -0.488 e. The van der Waals surface area contributed by atoms with Crippen LogP contribution in [-0.4, -0.2) is 5.11 Å². The van der Waals surface area contributed by atoms with Gasteiger partial charge < -0.3 is 9.84 Å². The van der Waals surface area contributed by atoms with Crippen LogP contribution in [0.3, 0.4) is 0 Å². The van der Waals surface area contributed by atoms with Crippen molar-refractivity contribution in [3.05, 3.63) is 64.7 Å². The van der Waals surface area contributed by atoms with Gasteiger partial charge in [-0.05, 0) is 36.8 Å². The zero-order valence-electron chi connectivity index (χ0n) is 11.3. The third-order valence-electron chi connectivity index (χ3n) is 2.97. The highest BCUT2D eigenvalue weighted by atomic mass is 19.1. The van der Waals surface area contributed by atoms with Crippen molar-refractivity contribution >= 4 is 0 Å². The van der Waals surface area contributed by atoms with Crippen molar-refractivity contribution in [3.8, 4) is 11.8 Å². The normalized spacial score (nSPS) is 11.8. The van der Waals surface area contributed by atoms with Crippen LogP contribution in [0.5, 0.6) is 5.75 Å². The van der Waals surface area contributed by atoms with E-state index >= 15 is 0 Å². The Hall–Kier alpha value is -2.45. The molecule has 21 heavy (non-hydrogen) atoms. The number of hydrogen-bond donors (Lipinski definition) is 1. The van der Waals surface area contributed by atoms with E-state index in [0.717, 1.165) is 0 Å². The van der Waals surface area contributed by atoms with E-state index in [1.54, 1.807) is 13.0 Å². The Morgan fingerprint density at radius 2 is 2.00 bits per heavy atom. The highest BCUT2D eigenvalue weighted by molar-refractivity contribution is 5.37. The maximum absolute atomic E-state index is 13.3. The lowest BCUT2D eigenvalue weighted by Crippen LogP contribution is -2.02. The average Bonchev–Trinajstić information content (AvgIpc) is 2.46. The molecule has 2 aromatic carbocycles. The van der Waals surface area contributed by atoms with E-state index in [-0.39, 0.29) is 17.9 Å². The number of hydrogen-bond acceptors (Lipinski definition) is 3. The molecule has 0 bridgehead atoms. The van der Waals surface area contributed by atoms with E-state index in [0.29, 0.717) is 11.1 Å². The summed E-state index contributed by atoms with van der Waals surface area (Å²) in [5.41, 5.74) is 0.957. The lowest BCUT2D eigenvalue weighted by Gasteiger charge is -2.13. The van der Waals surface area contributed by atoms with Crippen LogP contribution in [-0.2, 0) is 6.61 Å². The van der Waals surface area contributed by atoms with Crippen LogP contribution in [0, 0.1) is 23.0 Å². The SMILES string of the molecule is CC(O)c1ccc(F)cc1OCc1ccc(F)c(C#N)c1. The molecule has 0 aliphatic heterocycles. The predicted octanol–water partition coefficient (Wildman–Crippen LogP) is 3.47. The topological polar surface area (TPSA) is 53.2 Å². The van der Waals surface area contributed by atoms with Crippen LogP contribution in [0.2, 0.25) is 0 Å². The molecule has 0 amide bonds. The Labute approximate surface area is 121 Å². The monoisotopic (exact) mass is 289 g/mol. The molecular weight excluding hydrogens is 276 g/mol. The van der Waals surface area contributed by atoms with Crippen molar-refractivity contribution in [3.63, 3.8) is 0 Å². The van der Waals surface area contributed by atoms with Crippen LogP contribution in [0.4, 0.5) is 8.78 Å². The van der Waals surface area contributed by atoms with Crippen molar-refractivity contribution in [1.82, 2.24) is 0 Å². The molecule has 1 unspecified atom stereocenters. The van der Waals surface area contributed by atoms with E-state index in [1.165, 1.54) is 36.4 Å². The first kappa shape index (κ1) is 14.9. The molecule has 0 spiro atoms. The van der Waals surface area contributed by atoms with Crippen molar-refractivity contribution in [2.75, 3.05) is 0 Å². The van der Waals surface area contributed by atoms with Gasteiger partial charge in [-0.15, -0.1) is 0 Å². The molecule has 0 aliphatic carbocycles. The van der Waals surface area contributed by atoms with Gasteiger partial charge >= 0.3 is 0 Å². The molecule has 1 N–H and O–H groups in total. The highest BCUT2D eigenvalue weighted by Crippen LogP contribution is 2.27. The van der Waals surface area contributed by atoms with Gasteiger partial charge in [-0.1, -0.05) is 6.07 Å². The Balaban J connectivity index is 2.20. The summed E-state index contributed by atoms with van der Waals surface area (Å²) >= 11 is 0. The summed E-state index contributed by atoms with van der Waals surface area (Å²) in [5.74, 6) is -0.865. The van der Waals surface area contributed by atoms with Crippen molar-refractivity contribution < 1.29 is 18.6 Å². The molecule has 0 saturated carbocycles. The molecule has 3 nitrogen and oxygen atoms in total. The molecule has 108 valence electrons. The second-order valence-corrected chi connectivity index (χ2v) is 4.57. The van der Waals surface area contributed by atoms with Gasteiger partial charge in [0.15, 0.2) is 0 Å². The summed E-state index contributed by atoms with van der Waals surface area (Å²) < 4.78 is 31.9. The molecule has 0 aliphatic rings. The molecule has 0 radical (unpaired) electrons. The molecule has 0 heterocycles. The van der Waals surface area contributed by atoms with Gasteiger partial charge in [0.1, 0.15) is 30.1 Å². The largest absolute Gasteiger partial charge is 0.488 e. The fourth-order valence-corrected chi connectivity index (χ4v) is 1.89. The van der Waals surface area contributed by atoms with Crippen LogP contribution >= 0.6 is 0 Å². The van der Waals surface area contributed by atoms with Gasteiger partial charge in [0.05, 0.1) is 11.7 Å². The third kappa shape index (κ3) is 3.56. The lowest BCUT2D eigenvalue weighted by molar-refractivity contribution is 0.190. The minimum absolute atomic E-state index is 0.0398. The first-order valence-corrected chi connectivity index (χ1v) is 6.30. The summed E-state index contributed by atoms with van der Waals surface area (Å²) in [7, 11) is 0. The summed E-state index contributed by atoms with van der Waals surface area (Å²) in [6.45, 7) is 1.59. The fourth-order valence-electron chi connectivity index (χ4n) is 1.89. The van der Waals surface area contributed by atoms with Gasteiger partial charge in [0, 0.05) is 11.6 Å². The van der Waals surface area contributed by atoms with Gasteiger partial charge in [0.2, 0.25) is 0 Å². The Kier molecular flexibility index (Phi) is 4.51. The van der Waals surface area contributed by atoms with Gasteiger partial charge in [-0.3, -0.25) is 0 Å². The highest BCUT2D eigenvalue weighted by Gasteiger charge is 2.11. The molecule has 1 atom stereocenters. The zero-order chi connectivity index (χ0) is 15.4. The Morgan fingerprint density at radius 3 is 2.67 bits per heavy atom. The quantitative estimate of drug-likeness (QED) is 0.937. The number of nitrogens with zero attached hydrogens (tertiary/aromatic N) is 1. The Bertz CT molecular complexity index is 693. The molecule has 2 rings (SSSR count). The molecule has 0 saturated heterocycles. The minimum atomic E-state index is -0.802. The maximum atomic E-state index is 13.3. The lowest BCUT2D eigenvalue weighted by atomic mass is 10.1. The number of halogens is 2. The van der Waals surface area contributed by atoms with Crippen LogP contribution in [0.15, 0.2) is 36.4 Å². The number of nitriles is 1.